The predicted octanol–water partition coefficient (Wildman–Crippen LogP) is 4.65. The van der Waals surface area contributed by atoms with Crippen molar-refractivity contribution < 1.29 is 14.7 Å². The highest BCUT2D eigenvalue weighted by Gasteiger charge is 2.21. The maximum absolute atomic E-state index is 13.2. The van der Waals surface area contributed by atoms with E-state index in [-0.39, 0.29) is 12.4 Å². The van der Waals surface area contributed by atoms with Crippen LogP contribution in [0.15, 0.2) is 54.2 Å². The number of fused-ring (bicyclic) bond motifs is 2. The Morgan fingerprint density at radius 3 is 2.72 bits per heavy atom. The van der Waals surface area contributed by atoms with E-state index < -0.39 is 0 Å². The molecule has 4 N–H and O–H groups in total. The fourth-order valence-corrected chi connectivity index (χ4v) is 5.77. The van der Waals surface area contributed by atoms with E-state index in [1.165, 1.54) is 0 Å². The highest BCUT2D eigenvalue weighted by atomic mass is 32.1. The van der Waals surface area contributed by atoms with Gasteiger partial charge in [0, 0.05) is 60.1 Å². The summed E-state index contributed by atoms with van der Waals surface area (Å²) in [5.41, 5.74) is 5.21. The van der Waals surface area contributed by atoms with Gasteiger partial charge in [0.2, 0.25) is 0 Å². The van der Waals surface area contributed by atoms with Crippen LogP contribution in [0.25, 0.3) is 32.9 Å². The molecule has 1 amide bonds. The number of carboxylic acid groups (broad SMARTS) is 1. The lowest BCUT2D eigenvalue weighted by atomic mass is 9.99. The first-order chi connectivity index (χ1) is 19.0. The molecule has 4 heterocycles. The van der Waals surface area contributed by atoms with Crippen LogP contribution >= 0.6 is 11.3 Å². The third kappa shape index (κ3) is 5.85. The second-order valence-corrected chi connectivity index (χ2v) is 10.6. The minimum Gasteiger partial charge on any atom is -0.483 e. The molecule has 0 aliphatic carbocycles. The number of aromatic amines is 2. The molecule has 10 nitrogen and oxygen atoms in total. The molecule has 202 valence electrons. The standard InChI is InChI=1S/C27H29N7OS.CH2O2/c1-17(2)34-10-8-33(9-11-34)15-26-30-25(16-36-26)27(35)31-23-12-18(13-24-21(23)14-29-32-24)19-4-3-5-22-20(19)6-7-28-22;2-1-3/h3-7,12-14,16-17,28H,8-11,15H2,1-2H3,(H,29,32)(H,31,35);1H,(H,2,3). The molecule has 0 radical (unpaired) electrons. The zero-order valence-corrected chi connectivity index (χ0v) is 22.7. The summed E-state index contributed by atoms with van der Waals surface area (Å²) >= 11 is 1.55. The molecule has 39 heavy (non-hydrogen) atoms. The smallest absolute Gasteiger partial charge is 0.290 e. The van der Waals surface area contributed by atoms with Gasteiger partial charge in [-0.3, -0.25) is 24.5 Å². The number of H-pyrrole nitrogens is 2. The fourth-order valence-electron chi connectivity index (χ4n) is 4.95. The van der Waals surface area contributed by atoms with E-state index in [0.29, 0.717) is 17.4 Å². The van der Waals surface area contributed by atoms with E-state index in [9.17, 15) is 4.79 Å². The molecule has 2 aromatic carbocycles. The number of rotatable bonds is 6. The lowest BCUT2D eigenvalue weighted by molar-refractivity contribution is -0.122. The van der Waals surface area contributed by atoms with Crippen molar-refractivity contribution in [2.24, 2.45) is 0 Å². The fraction of sp³-hybridized carbons (Fsp3) is 0.286. The zero-order chi connectivity index (χ0) is 27.4. The van der Waals surface area contributed by atoms with Gasteiger partial charge in [0.15, 0.2) is 0 Å². The van der Waals surface area contributed by atoms with E-state index in [2.05, 4.69) is 73.4 Å². The SMILES string of the molecule is CC(C)N1CCN(Cc2nc(C(=O)Nc3cc(-c4cccc5[nH]ccc45)cc4[nH]ncc34)cs2)CC1.O=CO. The number of amides is 1. The number of hydrogen-bond donors (Lipinski definition) is 4. The van der Waals surface area contributed by atoms with Gasteiger partial charge in [-0.25, -0.2) is 4.98 Å². The van der Waals surface area contributed by atoms with Crippen molar-refractivity contribution >= 4 is 51.2 Å². The van der Waals surface area contributed by atoms with Crippen molar-refractivity contribution in [3.05, 3.63) is 64.9 Å². The monoisotopic (exact) mass is 545 g/mol. The predicted molar refractivity (Wildman–Crippen MR) is 154 cm³/mol. The number of hydrogen-bond acceptors (Lipinski definition) is 7. The molecule has 0 unspecified atom stereocenters. The molecule has 1 aliphatic rings. The van der Waals surface area contributed by atoms with Crippen molar-refractivity contribution in [3.8, 4) is 11.1 Å². The Kier molecular flexibility index (Phi) is 8.01. The number of piperazine rings is 1. The van der Waals surface area contributed by atoms with Crippen molar-refractivity contribution in [2.45, 2.75) is 26.4 Å². The first-order valence-electron chi connectivity index (χ1n) is 12.8. The van der Waals surface area contributed by atoms with Crippen molar-refractivity contribution in [3.63, 3.8) is 0 Å². The molecule has 0 spiro atoms. The second kappa shape index (κ2) is 11.8. The van der Waals surface area contributed by atoms with E-state index in [1.54, 1.807) is 17.5 Å². The topological polar surface area (TPSA) is 130 Å². The summed E-state index contributed by atoms with van der Waals surface area (Å²) < 4.78 is 0. The minimum absolute atomic E-state index is 0.207. The molecule has 1 saturated heterocycles. The molecule has 0 saturated carbocycles. The van der Waals surface area contributed by atoms with Gasteiger partial charge in [-0.2, -0.15) is 5.10 Å². The molecule has 3 aromatic heterocycles. The molecule has 1 fully saturated rings. The average Bonchev–Trinajstić information content (AvgIpc) is 3.70. The Morgan fingerprint density at radius 2 is 1.95 bits per heavy atom. The zero-order valence-electron chi connectivity index (χ0n) is 21.8. The first kappa shape index (κ1) is 26.5. The Bertz CT molecular complexity index is 1580. The summed E-state index contributed by atoms with van der Waals surface area (Å²) in [5, 5.41) is 22.1. The van der Waals surface area contributed by atoms with E-state index in [4.69, 9.17) is 9.90 Å². The van der Waals surface area contributed by atoms with Crippen molar-refractivity contribution in [1.82, 2.24) is 30.0 Å². The van der Waals surface area contributed by atoms with E-state index >= 15 is 0 Å². The van der Waals surface area contributed by atoms with Crippen molar-refractivity contribution in [2.75, 3.05) is 31.5 Å². The quantitative estimate of drug-likeness (QED) is 0.229. The molecule has 1 aliphatic heterocycles. The van der Waals surface area contributed by atoms with Crippen LogP contribution < -0.4 is 5.32 Å². The molecular weight excluding hydrogens is 514 g/mol. The summed E-state index contributed by atoms with van der Waals surface area (Å²) in [5.74, 6) is -0.207. The number of aromatic nitrogens is 4. The number of nitrogens with one attached hydrogen (secondary N) is 3. The maximum Gasteiger partial charge on any atom is 0.290 e. The highest BCUT2D eigenvalue weighted by molar-refractivity contribution is 7.09. The van der Waals surface area contributed by atoms with Gasteiger partial charge < -0.3 is 15.4 Å². The summed E-state index contributed by atoms with van der Waals surface area (Å²) in [4.78, 5) is 34.4. The van der Waals surface area contributed by atoms with Crippen LogP contribution in [-0.2, 0) is 11.3 Å². The Hall–Kier alpha value is -4.06. The molecule has 0 atom stereocenters. The molecule has 0 bridgehead atoms. The third-order valence-corrected chi connectivity index (χ3v) is 7.83. The van der Waals surface area contributed by atoms with E-state index in [0.717, 1.165) is 70.7 Å². The van der Waals surface area contributed by atoms with Gasteiger partial charge in [0.1, 0.15) is 10.7 Å². The first-order valence-corrected chi connectivity index (χ1v) is 13.7. The summed E-state index contributed by atoms with van der Waals surface area (Å²) in [6.45, 7) is 9.22. The van der Waals surface area contributed by atoms with Gasteiger partial charge >= 0.3 is 0 Å². The average molecular weight is 546 g/mol. The minimum atomic E-state index is -0.250. The molecule has 11 heteroatoms. The Labute approximate surface area is 229 Å². The maximum atomic E-state index is 13.2. The Balaban J connectivity index is 0.000000983. The number of anilines is 1. The lowest BCUT2D eigenvalue weighted by Gasteiger charge is -2.36. The number of carbonyl (C=O) groups excluding carboxylic acids is 1. The largest absolute Gasteiger partial charge is 0.483 e. The van der Waals surface area contributed by atoms with Gasteiger partial charge in [-0.05, 0) is 49.2 Å². The second-order valence-electron chi connectivity index (χ2n) is 9.69. The lowest BCUT2D eigenvalue weighted by Crippen LogP contribution is -2.48. The van der Waals surface area contributed by atoms with Gasteiger partial charge in [-0.15, -0.1) is 11.3 Å². The van der Waals surface area contributed by atoms with Gasteiger partial charge in [-0.1, -0.05) is 12.1 Å². The summed E-state index contributed by atoms with van der Waals surface area (Å²) in [7, 11) is 0. The van der Waals surface area contributed by atoms with Crippen LogP contribution in [0.3, 0.4) is 0 Å². The number of carbonyl (C=O) groups is 2. The number of nitrogens with zero attached hydrogens (tertiary/aromatic N) is 4. The van der Waals surface area contributed by atoms with Crippen LogP contribution in [0.2, 0.25) is 0 Å². The van der Waals surface area contributed by atoms with Crippen molar-refractivity contribution in [1.29, 1.82) is 0 Å². The Morgan fingerprint density at radius 1 is 1.15 bits per heavy atom. The van der Waals surface area contributed by atoms with Crippen LogP contribution in [0.1, 0.15) is 29.3 Å². The number of benzene rings is 2. The molecular formula is C28H31N7O3S. The highest BCUT2D eigenvalue weighted by Crippen LogP contribution is 2.34. The third-order valence-electron chi connectivity index (χ3n) is 6.99. The van der Waals surface area contributed by atoms with Crippen LogP contribution in [0.5, 0.6) is 0 Å². The normalized spacial score (nSPS) is 14.4. The van der Waals surface area contributed by atoms with Crippen LogP contribution in [-0.4, -0.2) is 79.7 Å². The van der Waals surface area contributed by atoms with Gasteiger partial charge in [0.05, 0.1) is 23.9 Å². The van der Waals surface area contributed by atoms with E-state index in [1.807, 2.05) is 23.7 Å². The summed E-state index contributed by atoms with van der Waals surface area (Å²) in [6, 6.07) is 12.9. The molecule has 5 aromatic rings. The van der Waals surface area contributed by atoms with Crippen LogP contribution in [0.4, 0.5) is 5.69 Å². The van der Waals surface area contributed by atoms with Gasteiger partial charge in [0.25, 0.3) is 12.4 Å². The number of thiazole rings is 1. The molecule has 6 rings (SSSR count). The van der Waals surface area contributed by atoms with Crippen LogP contribution in [0, 0.1) is 0 Å². The summed E-state index contributed by atoms with van der Waals surface area (Å²) in [6.07, 6.45) is 3.69.